The molecule has 5 nitrogen and oxygen atoms in total. The van der Waals surface area contributed by atoms with Gasteiger partial charge < -0.3 is 16.2 Å². The summed E-state index contributed by atoms with van der Waals surface area (Å²) in [5.41, 5.74) is 11.7. The first-order chi connectivity index (χ1) is 9.68. The Balaban J connectivity index is 1.92. The molecule has 0 radical (unpaired) electrons. The fourth-order valence-corrected chi connectivity index (χ4v) is 2.66. The van der Waals surface area contributed by atoms with Crippen LogP contribution in [0, 0.1) is 0 Å². The van der Waals surface area contributed by atoms with Gasteiger partial charge in [-0.25, -0.2) is 0 Å². The normalized spacial score (nSPS) is 19.2. The van der Waals surface area contributed by atoms with Gasteiger partial charge >= 0.3 is 0 Å². The molecule has 1 heterocycles. The van der Waals surface area contributed by atoms with Gasteiger partial charge in [0, 0.05) is 0 Å². The summed E-state index contributed by atoms with van der Waals surface area (Å²) in [6.07, 6.45) is 3.39. The van der Waals surface area contributed by atoms with E-state index in [4.69, 9.17) is 16.2 Å². The number of amides is 1. The number of piperidine rings is 1. The lowest BCUT2D eigenvalue weighted by Crippen LogP contribution is -2.58. The molecule has 1 saturated heterocycles. The van der Waals surface area contributed by atoms with Crippen LogP contribution in [0.15, 0.2) is 30.3 Å². The molecule has 4 N–H and O–H groups in total. The number of para-hydroxylation sites is 1. The van der Waals surface area contributed by atoms with Gasteiger partial charge in [-0.1, -0.05) is 24.6 Å². The smallest absolute Gasteiger partial charge is 0.236 e. The van der Waals surface area contributed by atoms with E-state index in [1.807, 2.05) is 30.3 Å². The van der Waals surface area contributed by atoms with Gasteiger partial charge in [-0.05, 0) is 38.1 Å². The van der Waals surface area contributed by atoms with E-state index in [0.29, 0.717) is 0 Å². The molecule has 1 fully saturated rings. The Kier molecular flexibility index (Phi) is 5.38. The van der Waals surface area contributed by atoms with Gasteiger partial charge in [0.05, 0.1) is 6.04 Å². The monoisotopic (exact) mass is 277 g/mol. The van der Waals surface area contributed by atoms with Gasteiger partial charge in [-0.3, -0.25) is 9.69 Å². The van der Waals surface area contributed by atoms with Crippen LogP contribution in [-0.2, 0) is 4.79 Å². The van der Waals surface area contributed by atoms with Crippen molar-refractivity contribution in [1.29, 1.82) is 0 Å². The molecular weight excluding hydrogens is 254 g/mol. The molecule has 0 spiro atoms. The van der Waals surface area contributed by atoms with Crippen molar-refractivity contribution < 1.29 is 9.53 Å². The second-order valence-corrected chi connectivity index (χ2v) is 5.23. The summed E-state index contributed by atoms with van der Waals surface area (Å²) in [7, 11) is 0. The van der Waals surface area contributed by atoms with E-state index in [1.54, 1.807) is 0 Å². The predicted molar refractivity (Wildman–Crippen MR) is 78.3 cm³/mol. The molecule has 1 aromatic rings. The lowest BCUT2D eigenvalue weighted by atomic mass is 10.0. The average Bonchev–Trinajstić information content (AvgIpc) is 2.47. The van der Waals surface area contributed by atoms with Crippen LogP contribution in [0.3, 0.4) is 0 Å². The molecule has 2 rings (SSSR count). The highest BCUT2D eigenvalue weighted by Gasteiger charge is 2.31. The molecule has 5 heteroatoms. The van der Waals surface area contributed by atoms with Crippen LogP contribution in [0.4, 0.5) is 0 Å². The summed E-state index contributed by atoms with van der Waals surface area (Å²) in [4.78, 5) is 13.8. The van der Waals surface area contributed by atoms with E-state index >= 15 is 0 Å². The van der Waals surface area contributed by atoms with Crippen molar-refractivity contribution in [3.05, 3.63) is 30.3 Å². The number of rotatable bonds is 6. The van der Waals surface area contributed by atoms with Gasteiger partial charge in [0.25, 0.3) is 0 Å². The van der Waals surface area contributed by atoms with Gasteiger partial charge in [-0.2, -0.15) is 0 Å². The zero-order valence-corrected chi connectivity index (χ0v) is 11.7. The van der Waals surface area contributed by atoms with Gasteiger partial charge in [0.1, 0.15) is 18.4 Å². The Hall–Kier alpha value is -1.59. The topological polar surface area (TPSA) is 81.6 Å². The molecule has 0 bridgehead atoms. The Labute approximate surface area is 119 Å². The van der Waals surface area contributed by atoms with Crippen LogP contribution in [-0.4, -0.2) is 42.6 Å². The van der Waals surface area contributed by atoms with Crippen molar-refractivity contribution in [1.82, 2.24) is 4.90 Å². The number of primary amides is 1. The number of hydrogen-bond acceptors (Lipinski definition) is 4. The van der Waals surface area contributed by atoms with Crippen LogP contribution in [0.25, 0.3) is 0 Å². The fourth-order valence-electron chi connectivity index (χ4n) is 2.66. The maximum absolute atomic E-state index is 11.7. The Morgan fingerprint density at radius 2 is 1.85 bits per heavy atom. The summed E-state index contributed by atoms with van der Waals surface area (Å²) in [6.45, 7) is 2.05. The maximum Gasteiger partial charge on any atom is 0.236 e. The molecule has 1 aliphatic heterocycles. The SMILES string of the molecule is NC(=O)[C@@H](C(N)COc1ccccc1)N1CCCCC1. The molecule has 2 atom stereocenters. The van der Waals surface area contributed by atoms with Crippen LogP contribution >= 0.6 is 0 Å². The highest BCUT2D eigenvalue weighted by atomic mass is 16.5. The summed E-state index contributed by atoms with van der Waals surface area (Å²) in [6, 6.07) is 8.60. The molecule has 1 unspecified atom stereocenters. The summed E-state index contributed by atoms with van der Waals surface area (Å²) >= 11 is 0. The lowest BCUT2D eigenvalue weighted by Gasteiger charge is -2.35. The largest absolute Gasteiger partial charge is 0.492 e. The van der Waals surface area contributed by atoms with Gasteiger partial charge in [0.15, 0.2) is 0 Å². The number of hydrogen-bond donors (Lipinski definition) is 2. The molecule has 1 aliphatic rings. The highest BCUT2D eigenvalue weighted by molar-refractivity contribution is 5.80. The lowest BCUT2D eigenvalue weighted by molar-refractivity contribution is -0.124. The zero-order valence-electron chi connectivity index (χ0n) is 11.7. The van der Waals surface area contributed by atoms with E-state index in [0.717, 1.165) is 31.7 Å². The minimum atomic E-state index is -0.445. The van der Waals surface area contributed by atoms with Crippen LogP contribution in [0.5, 0.6) is 5.75 Å². The molecule has 0 aromatic heterocycles. The molecular formula is C15H23N3O2. The van der Waals surface area contributed by atoms with Crippen molar-refractivity contribution in [2.45, 2.75) is 31.3 Å². The quantitative estimate of drug-likeness (QED) is 0.803. The van der Waals surface area contributed by atoms with E-state index in [-0.39, 0.29) is 12.5 Å². The van der Waals surface area contributed by atoms with Gasteiger partial charge in [0.2, 0.25) is 5.91 Å². The van der Waals surface area contributed by atoms with E-state index in [9.17, 15) is 4.79 Å². The van der Waals surface area contributed by atoms with Gasteiger partial charge in [-0.15, -0.1) is 0 Å². The number of likely N-dealkylation sites (tertiary alicyclic amines) is 1. The Morgan fingerprint density at radius 3 is 2.45 bits per heavy atom. The van der Waals surface area contributed by atoms with Crippen molar-refractivity contribution in [2.24, 2.45) is 11.5 Å². The fraction of sp³-hybridized carbons (Fsp3) is 0.533. The molecule has 0 saturated carbocycles. The average molecular weight is 277 g/mol. The predicted octanol–water partition coefficient (Wildman–Crippen LogP) is 0.732. The van der Waals surface area contributed by atoms with E-state index in [1.165, 1.54) is 6.42 Å². The van der Waals surface area contributed by atoms with Crippen molar-refractivity contribution in [2.75, 3.05) is 19.7 Å². The molecule has 1 amide bonds. The Bertz CT molecular complexity index is 418. The third-order valence-electron chi connectivity index (χ3n) is 3.67. The van der Waals surface area contributed by atoms with E-state index < -0.39 is 12.1 Å². The third-order valence-corrected chi connectivity index (χ3v) is 3.67. The number of ether oxygens (including phenoxy) is 1. The third kappa shape index (κ3) is 3.95. The highest BCUT2D eigenvalue weighted by Crippen LogP contribution is 2.15. The first-order valence-corrected chi connectivity index (χ1v) is 7.15. The zero-order chi connectivity index (χ0) is 14.4. The summed E-state index contributed by atoms with van der Waals surface area (Å²) < 4.78 is 5.63. The molecule has 1 aromatic carbocycles. The van der Waals surface area contributed by atoms with Crippen LogP contribution in [0.2, 0.25) is 0 Å². The standard InChI is InChI=1S/C15H23N3O2/c16-13(11-20-12-7-3-1-4-8-12)14(15(17)19)18-9-5-2-6-10-18/h1,3-4,7-8,13-14H,2,5-6,9-11,16H2,(H2,17,19)/t13?,14-/m1/s1. The first-order valence-electron chi connectivity index (χ1n) is 7.15. The molecule has 110 valence electrons. The number of nitrogens with two attached hydrogens (primary N) is 2. The number of carbonyl (C=O) groups is 1. The molecule has 20 heavy (non-hydrogen) atoms. The summed E-state index contributed by atoms with van der Waals surface area (Å²) in [5, 5.41) is 0. The second kappa shape index (κ2) is 7.26. The minimum absolute atomic E-state index is 0.286. The number of nitrogens with zero attached hydrogens (tertiary/aromatic N) is 1. The molecule has 0 aliphatic carbocycles. The second-order valence-electron chi connectivity index (χ2n) is 5.23. The number of carbonyl (C=O) groups excluding carboxylic acids is 1. The summed E-state index contributed by atoms with van der Waals surface area (Å²) in [5.74, 6) is 0.390. The van der Waals surface area contributed by atoms with Crippen molar-refractivity contribution in [3.63, 3.8) is 0 Å². The van der Waals surface area contributed by atoms with Crippen LogP contribution in [0.1, 0.15) is 19.3 Å². The van der Waals surface area contributed by atoms with E-state index in [2.05, 4.69) is 4.90 Å². The Morgan fingerprint density at radius 1 is 1.20 bits per heavy atom. The van der Waals surface area contributed by atoms with Crippen molar-refractivity contribution >= 4 is 5.91 Å². The maximum atomic E-state index is 11.7. The minimum Gasteiger partial charge on any atom is -0.492 e. The van der Waals surface area contributed by atoms with Crippen molar-refractivity contribution in [3.8, 4) is 5.75 Å². The number of benzene rings is 1. The first kappa shape index (κ1) is 14.8. The van der Waals surface area contributed by atoms with Crippen LogP contribution < -0.4 is 16.2 Å².